The maximum Gasteiger partial charge on any atom is 0.150 e. The van der Waals surface area contributed by atoms with Crippen LogP contribution in [-0.4, -0.2) is 11.4 Å². The summed E-state index contributed by atoms with van der Waals surface area (Å²) >= 11 is 0. The van der Waals surface area contributed by atoms with E-state index in [0.717, 1.165) is 22.5 Å². The number of rotatable bonds is 3. The van der Waals surface area contributed by atoms with Crippen LogP contribution in [0.15, 0.2) is 42.5 Å². The fraction of sp³-hybridized carbons (Fsp3) is 0.0714. The predicted octanol–water partition coefficient (Wildman–Crippen LogP) is 2.14. The normalized spacial score (nSPS) is 10.9. The molecular formula is C14H13O2P. The van der Waals surface area contributed by atoms with Crippen molar-refractivity contribution in [3.8, 4) is 5.75 Å². The Bertz CT molecular complexity index is 550. The Morgan fingerprint density at radius 2 is 1.88 bits per heavy atom. The standard InChI is InChI=1S/C14H13O2P/c1-10-6-7-12(16)14(8-10)17-13-5-3-2-4-11(13)9-15/h2-9,16-17H,1H3. The van der Waals surface area contributed by atoms with Crippen LogP contribution in [0.1, 0.15) is 15.9 Å². The van der Waals surface area contributed by atoms with Crippen LogP contribution < -0.4 is 10.6 Å². The van der Waals surface area contributed by atoms with Crippen molar-refractivity contribution in [1.82, 2.24) is 0 Å². The molecule has 0 radical (unpaired) electrons. The molecule has 3 heteroatoms. The molecule has 0 saturated heterocycles. The van der Waals surface area contributed by atoms with Gasteiger partial charge in [0.2, 0.25) is 0 Å². The SMILES string of the molecule is Cc1ccc(O)c(Pc2ccccc2C=O)c1. The lowest BCUT2D eigenvalue weighted by atomic mass is 10.2. The van der Waals surface area contributed by atoms with Crippen LogP contribution in [0.3, 0.4) is 0 Å². The summed E-state index contributed by atoms with van der Waals surface area (Å²) < 4.78 is 0. The molecule has 17 heavy (non-hydrogen) atoms. The number of hydrogen-bond donors (Lipinski definition) is 1. The lowest BCUT2D eigenvalue weighted by Crippen LogP contribution is -2.09. The van der Waals surface area contributed by atoms with Gasteiger partial charge < -0.3 is 5.11 Å². The van der Waals surface area contributed by atoms with Gasteiger partial charge in [0.25, 0.3) is 0 Å². The van der Waals surface area contributed by atoms with E-state index < -0.39 is 0 Å². The van der Waals surface area contributed by atoms with Gasteiger partial charge in [0.05, 0.1) is 0 Å². The third-order valence-electron chi connectivity index (χ3n) is 2.51. The molecule has 1 atom stereocenters. The Morgan fingerprint density at radius 1 is 1.12 bits per heavy atom. The number of benzene rings is 2. The van der Waals surface area contributed by atoms with Crippen LogP contribution in [0.5, 0.6) is 5.75 Å². The highest BCUT2D eigenvalue weighted by molar-refractivity contribution is 7.56. The molecule has 0 aliphatic rings. The predicted molar refractivity (Wildman–Crippen MR) is 72.3 cm³/mol. The Labute approximate surface area is 102 Å². The Morgan fingerprint density at radius 3 is 2.65 bits per heavy atom. The third-order valence-corrected chi connectivity index (χ3v) is 3.90. The van der Waals surface area contributed by atoms with Crippen LogP contribution in [0.4, 0.5) is 0 Å². The van der Waals surface area contributed by atoms with Gasteiger partial charge in [-0.3, -0.25) is 4.79 Å². The number of aldehydes is 1. The topological polar surface area (TPSA) is 37.3 Å². The zero-order valence-corrected chi connectivity index (χ0v) is 10.5. The molecule has 0 aliphatic heterocycles. The summed E-state index contributed by atoms with van der Waals surface area (Å²) in [5.41, 5.74) is 1.79. The van der Waals surface area contributed by atoms with E-state index in [1.54, 1.807) is 12.1 Å². The van der Waals surface area contributed by atoms with Crippen molar-refractivity contribution in [2.75, 3.05) is 0 Å². The smallest absolute Gasteiger partial charge is 0.150 e. The van der Waals surface area contributed by atoms with Crippen molar-refractivity contribution in [3.63, 3.8) is 0 Å². The van der Waals surface area contributed by atoms with E-state index in [9.17, 15) is 9.90 Å². The number of aryl methyl sites for hydroxylation is 1. The van der Waals surface area contributed by atoms with E-state index in [1.807, 2.05) is 37.3 Å². The fourth-order valence-corrected chi connectivity index (χ4v) is 2.88. The van der Waals surface area contributed by atoms with Gasteiger partial charge in [-0.15, -0.1) is 0 Å². The molecule has 0 spiro atoms. The monoisotopic (exact) mass is 244 g/mol. The minimum atomic E-state index is 0.287. The summed E-state index contributed by atoms with van der Waals surface area (Å²) in [7, 11) is 0.296. The van der Waals surface area contributed by atoms with Gasteiger partial charge in [0, 0.05) is 10.9 Å². The Balaban J connectivity index is 2.37. The first kappa shape index (κ1) is 11.8. The highest BCUT2D eigenvalue weighted by atomic mass is 31.1. The summed E-state index contributed by atoms with van der Waals surface area (Å²) in [5, 5.41) is 11.6. The van der Waals surface area contributed by atoms with Gasteiger partial charge in [0.1, 0.15) is 5.75 Å². The van der Waals surface area contributed by atoms with Crippen molar-refractivity contribution in [3.05, 3.63) is 53.6 Å². The summed E-state index contributed by atoms with van der Waals surface area (Å²) in [6, 6.07) is 13.0. The van der Waals surface area contributed by atoms with Crippen molar-refractivity contribution in [2.45, 2.75) is 6.92 Å². The number of phenols is 1. The van der Waals surface area contributed by atoms with Gasteiger partial charge in [-0.05, 0) is 24.4 Å². The molecule has 0 amide bonds. The molecule has 0 saturated carbocycles. The van der Waals surface area contributed by atoms with E-state index in [1.165, 1.54) is 0 Å². The first-order valence-electron chi connectivity index (χ1n) is 5.31. The van der Waals surface area contributed by atoms with Crippen molar-refractivity contribution < 1.29 is 9.90 Å². The summed E-state index contributed by atoms with van der Waals surface area (Å²) in [5.74, 6) is 0.287. The van der Waals surface area contributed by atoms with E-state index in [-0.39, 0.29) is 5.75 Å². The summed E-state index contributed by atoms with van der Waals surface area (Å²) in [4.78, 5) is 10.9. The van der Waals surface area contributed by atoms with Crippen LogP contribution >= 0.6 is 8.58 Å². The first-order chi connectivity index (χ1) is 8.20. The molecular weight excluding hydrogens is 231 g/mol. The zero-order valence-electron chi connectivity index (χ0n) is 9.47. The van der Waals surface area contributed by atoms with Crippen molar-refractivity contribution >= 4 is 25.5 Å². The summed E-state index contributed by atoms with van der Waals surface area (Å²) in [6.07, 6.45) is 0.856. The second-order valence-electron chi connectivity index (χ2n) is 3.85. The van der Waals surface area contributed by atoms with E-state index in [0.29, 0.717) is 14.1 Å². The quantitative estimate of drug-likeness (QED) is 0.663. The van der Waals surface area contributed by atoms with Gasteiger partial charge in [0.15, 0.2) is 6.29 Å². The van der Waals surface area contributed by atoms with Gasteiger partial charge >= 0.3 is 0 Å². The van der Waals surface area contributed by atoms with Crippen LogP contribution in [0.25, 0.3) is 0 Å². The van der Waals surface area contributed by atoms with Crippen LogP contribution in [0.2, 0.25) is 0 Å². The van der Waals surface area contributed by atoms with E-state index in [4.69, 9.17) is 0 Å². The van der Waals surface area contributed by atoms with Crippen molar-refractivity contribution in [2.24, 2.45) is 0 Å². The largest absolute Gasteiger partial charge is 0.507 e. The molecule has 86 valence electrons. The minimum Gasteiger partial charge on any atom is -0.507 e. The number of carbonyl (C=O) groups is 1. The minimum absolute atomic E-state index is 0.287. The third kappa shape index (κ3) is 2.72. The maximum atomic E-state index is 10.9. The maximum absolute atomic E-state index is 10.9. The average Bonchev–Trinajstić information content (AvgIpc) is 2.34. The fourth-order valence-electron chi connectivity index (χ4n) is 1.61. The van der Waals surface area contributed by atoms with Crippen LogP contribution in [0, 0.1) is 6.92 Å². The molecule has 1 unspecified atom stereocenters. The second kappa shape index (κ2) is 5.11. The Kier molecular flexibility index (Phi) is 3.55. The van der Waals surface area contributed by atoms with Gasteiger partial charge in [-0.1, -0.05) is 44.5 Å². The number of carbonyl (C=O) groups excluding carboxylic acids is 1. The van der Waals surface area contributed by atoms with Gasteiger partial charge in [-0.2, -0.15) is 0 Å². The lowest BCUT2D eigenvalue weighted by Gasteiger charge is -2.07. The van der Waals surface area contributed by atoms with Gasteiger partial charge in [-0.25, -0.2) is 0 Å². The Hall–Kier alpha value is -1.66. The number of aromatic hydroxyl groups is 1. The second-order valence-corrected chi connectivity index (χ2v) is 5.18. The summed E-state index contributed by atoms with van der Waals surface area (Å²) in [6.45, 7) is 1.99. The van der Waals surface area contributed by atoms with Crippen LogP contribution in [-0.2, 0) is 0 Å². The van der Waals surface area contributed by atoms with E-state index >= 15 is 0 Å². The molecule has 0 aliphatic carbocycles. The van der Waals surface area contributed by atoms with Crippen molar-refractivity contribution in [1.29, 1.82) is 0 Å². The molecule has 2 rings (SSSR count). The highest BCUT2D eigenvalue weighted by Gasteiger charge is 2.06. The number of hydrogen-bond acceptors (Lipinski definition) is 2. The first-order valence-corrected chi connectivity index (χ1v) is 6.31. The average molecular weight is 244 g/mol. The molecule has 2 nitrogen and oxygen atoms in total. The number of phenolic OH excluding ortho intramolecular Hbond substituents is 1. The van der Waals surface area contributed by atoms with E-state index in [2.05, 4.69) is 0 Å². The molecule has 2 aromatic carbocycles. The molecule has 2 aromatic rings. The molecule has 0 fully saturated rings. The molecule has 1 N–H and O–H groups in total. The molecule has 0 bridgehead atoms. The molecule has 0 heterocycles. The lowest BCUT2D eigenvalue weighted by molar-refractivity contribution is 0.112. The molecule has 0 aromatic heterocycles. The highest BCUT2D eigenvalue weighted by Crippen LogP contribution is 2.20. The zero-order chi connectivity index (χ0) is 12.3.